The number of halogens is 1. The largest absolute Gasteiger partial charge is 0.444 e. The first-order valence-corrected chi connectivity index (χ1v) is 8.24. The molecule has 0 N–H and O–H groups in total. The van der Waals surface area contributed by atoms with Gasteiger partial charge in [0.1, 0.15) is 5.60 Å². The smallest absolute Gasteiger partial charge is 0.410 e. The van der Waals surface area contributed by atoms with Gasteiger partial charge in [-0.25, -0.2) is 4.79 Å². The molecule has 1 aliphatic rings. The topological polar surface area (TPSA) is 42.4 Å². The van der Waals surface area contributed by atoms with Crippen molar-refractivity contribution in [3.63, 3.8) is 0 Å². The summed E-state index contributed by atoms with van der Waals surface area (Å²) in [5.41, 5.74) is 0.631. The first kappa shape index (κ1) is 16.3. The number of aromatic nitrogens is 1. The van der Waals surface area contributed by atoms with E-state index in [4.69, 9.17) is 4.74 Å². The summed E-state index contributed by atoms with van der Waals surface area (Å²) in [7, 11) is 0. The molecule has 0 aliphatic carbocycles. The summed E-state index contributed by atoms with van der Waals surface area (Å²) in [4.78, 5) is 18.5. The van der Waals surface area contributed by atoms with E-state index >= 15 is 0 Å². The Hall–Kier alpha value is -1.10. The molecule has 1 amide bonds. The highest BCUT2D eigenvalue weighted by Crippen LogP contribution is 2.24. The molecule has 0 spiro atoms. The molecular formula is C16H23BrN2O2. The van der Waals surface area contributed by atoms with Crippen molar-refractivity contribution in [3.8, 4) is 0 Å². The van der Waals surface area contributed by atoms with Gasteiger partial charge in [-0.2, -0.15) is 0 Å². The molecule has 0 radical (unpaired) electrons. The normalized spacial score (nSPS) is 18.9. The highest BCUT2D eigenvalue weighted by atomic mass is 79.9. The summed E-state index contributed by atoms with van der Waals surface area (Å²) < 4.78 is 6.47. The quantitative estimate of drug-likeness (QED) is 0.817. The van der Waals surface area contributed by atoms with Crippen LogP contribution in [0, 0.1) is 0 Å². The van der Waals surface area contributed by atoms with Gasteiger partial charge in [0.2, 0.25) is 0 Å². The second-order valence-electron chi connectivity index (χ2n) is 6.48. The number of amides is 1. The van der Waals surface area contributed by atoms with Crippen molar-refractivity contribution in [2.45, 2.75) is 58.1 Å². The number of hydrogen-bond acceptors (Lipinski definition) is 3. The fourth-order valence-corrected chi connectivity index (χ4v) is 2.80. The van der Waals surface area contributed by atoms with Gasteiger partial charge in [-0.1, -0.05) is 0 Å². The highest BCUT2D eigenvalue weighted by Gasteiger charge is 2.31. The van der Waals surface area contributed by atoms with E-state index in [2.05, 4.69) is 20.9 Å². The fourth-order valence-electron chi connectivity index (χ4n) is 2.57. The standard InChI is InChI=1S/C16H23BrN2O2/c1-16(2,3)21-15(20)19-10-4-5-14(19)9-8-13-7-6-12(17)11-18-13/h6-7,11,14H,4-5,8-10H2,1-3H3. The number of carbonyl (C=O) groups is 1. The molecule has 5 heteroatoms. The molecule has 4 nitrogen and oxygen atoms in total. The molecule has 0 aromatic carbocycles. The molecule has 2 rings (SSSR count). The van der Waals surface area contributed by atoms with E-state index in [1.54, 1.807) is 0 Å². The van der Waals surface area contributed by atoms with E-state index < -0.39 is 5.60 Å². The lowest BCUT2D eigenvalue weighted by Crippen LogP contribution is -2.40. The first-order chi connectivity index (χ1) is 9.85. The maximum Gasteiger partial charge on any atom is 0.410 e. The van der Waals surface area contributed by atoms with Crippen molar-refractivity contribution in [1.29, 1.82) is 0 Å². The highest BCUT2D eigenvalue weighted by molar-refractivity contribution is 9.10. The van der Waals surface area contributed by atoms with Crippen LogP contribution in [0.1, 0.15) is 45.7 Å². The Balaban J connectivity index is 1.90. The summed E-state index contributed by atoms with van der Waals surface area (Å²) >= 11 is 3.39. The molecule has 1 unspecified atom stereocenters. The number of hydrogen-bond donors (Lipinski definition) is 0. The summed E-state index contributed by atoms with van der Waals surface area (Å²) in [5.74, 6) is 0. The number of carbonyl (C=O) groups excluding carboxylic acids is 1. The third-order valence-corrected chi connectivity index (χ3v) is 4.00. The lowest BCUT2D eigenvalue weighted by molar-refractivity contribution is 0.0220. The van der Waals surface area contributed by atoms with Gasteiger partial charge in [0.25, 0.3) is 0 Å². The average molecular weight is 355 g/mol. The van der Waals surface area contributed by atoms with E-state index in [0.717, 1.165) is 42.4 Å². The maximum absolute atomic E-state index is 12.2. The van der Waals surface area contributed by atoms with Crippen molar-refractivity contribution in [3.05, 3.63) is 28.5 Å². The molecule has 1 aromatic rings. The van der Waals surface area contributed by atoms with Gasteiger partial charge < -0.3 is 9.64 Å². The van der Waals surface area contributed by atoms with Gasteiger partial charge in [0.15, 0.2) is 0 Å². The Morgan fingerprint density at radius 2 is 2.24 bits per heavy atom. The van der Waals surface area contributed by atoms with E-state index in [1.165, 1.54) is 0 Å². The number of rotatable bonds is 3. The average Bonchev–Trinajstić information content (AvgIpc) is 2.84. The molecular weight excluding hydrogens is 332 g/mol. The number of aryl methyl sites for hydroxylation is 1. The fraction of sp³-hybridized carbons (Fsp3) is 0.625. The van der Waals surface area contributed by atoms with Gasteiger partial charge >= 0.3 is 6.09 Å². The van der Waals surface area contributed by atoms with Crippen LogP contribution in [0.3, 0.4) is 0 Å². The zero-order valence-electron chi connectivity index (χ0n) is 12.9. The predicted octanol–water partition coefficient (Wildman–Crippen LogP) is 4.18. The summed E-state index contributed by atoms with van der Waals surface area (Å²) in [5, 5.41) is 0. The molecule has 1 atom stereocenters. The molecule has 1 aliphatic heterocycles. The monoisotopic (exact) mass is 354 g/mol. The van der Waals surface area contributed by atoms with Gasteiger partial charge in [0.05, 0.1) is 0 Å². The van der Waals surface area contributed by atoms with Crippen LogP contribution in [-0.2, 0) is 11.2 Å². The zero-order chi connectivity index (χ0) is 15.5. The third-order valence-electron chi connectivity index (χ3n) is 3.53. The molecule has 1 saturated heterocycles. The Bertz CT molecular complexity index is 482. The minimum absolute atomic E-state index is 0.186. The number of ether oxygens (including phenoxy) is 1. The predicted molar refractivity (Wildman–Crippen MR) is 86.2 cm³/mol. The van der Waals surface area contributed by atoms with Crippen LogP contribution in [-0.4, -0.2) is 34.2 Å². The van der Waals surface area contributed by atoms with Crippen LogP contribution in [0.4, 0.5) is 4.79 Å². The van der Waals surface area contributed by atoms with Crippen LogP contribution in [0.2, 0.25) is 0 Å². The Labute approximate surface area is 135 Å². The Morgan fingerprint density at radius 1 is 1.48 bits per heavy atom. The van der Waals surface area contributed by atoms with E-state index in [0.29, 0.717) is 0 Å². The molecule has 116 valence electrons. The summed E-state index contributed by atoms with van der Waals surface area (Å²) in [6, 6.07) is 4.30. The third kappa shape index (κ3) is 4.99. The number of likely N-dealkylation sites (tertiary alicyclic amines) is 1. The van der Waals surface area contributed by atoms with Crippen molar-refractivity contribution in [1.82, 2.24) is 9.88 Å². The van der Waals surface area contributed by atoms with Crippen molar-refractivity contribution >= 4 is 22.0 Å². The van der Waals surface area contributed by atoms with Crippen LogP contribution in [0.25, 0.3) is 0 Å². The lowest BCUT2D eigenvalue weighted by atomic mass is 10.1. The molecule has 0 saturated carbocycles. The molecule has 1 fully saturated rings. The molecule has 21 heavy (non-hydrogen) atoms. The zero-order valence-corrected chi connectivity index (χ0v) is 14.5. The van der Waals surface area contributed by atoms with Crippen molar-refractivity contribution < 1.29 is 9.53 Å². The van der Waals surface area contributed by atoms with Gasteiger partial charge in [-0.05, 0) is 74.5 Å². The minimum atomic E-state index is -0.433. The Morgan fingerprint density at radius 3 is 2.86 bits per heavy atom. The first-order valence-electron chi connectivity index (χ1n) is 7.45. The lowest BCUT2D eigenvalue weighted by Gasteiger charge is -2.28. The van der Waals surface area contributed by atoms with Gasteiger partial charge in [-0.15, -0.1) is 0 Å². The second kappa shape index (κ2) is 6.77. The molecule has 0 bridgehead atoms. The van der Waals surface area contributed by atoms with Crippen molar-refractivity contribution in [2.75, 3.05) is 6.54 Å². The van der Waals surface area contributed by atoms with E-state index in [9.17, 15) is 4.79 Å². The van der Waals surface area contributed by atoms with Crippen LogP contribution in [0.5, 0.6) is 0 Å². The SMILES string of the molecule is CC(C)(C)OC(=O)N1CCCC1CCc1ccc(Br)cn1. The van der Waals surface area contributed by atoms with Crippen LogP contribution < -0.4 is 0 Å². The molecule has 1 aromatic heterocycles. The maximum atomic E-state index is 12.2. The minimum Gasteiger partial charge on any atom is -0.444 e. The second-order valence-corrected chi connectivity index (χ2v) is 7.39. The summed E-state index contributed by atoms with van der Waals surface area (Å²) in [6.07, 6.45) is 5.56. The Kier molecular flexibility index (Phi) is 5.25. The van der Waals surface area contributed by atoms with Crippen LogP contribution >= 0.6 is 15.9 Å². The van der Waals surface area contributed by atoms with Gasteiger partial charge in [-0.3, -0.25) is 4.98 Å². The summed E-state index contributed by atoms with van der Waals surface area (Å²) in [6.45, 7) is 6.51. The number of nitrogens with zero attached hydrogens (tertiary/aromatic N) is 2. The number of pyridine rings is 1. The van der Waals surface area contributed by atoms with E-state index in [-0.39, 0.29) is 12.1 Å². The van der Waals surface area contributed by atoms with Crippen LogP contribution in [0.15, 0.2) is 22.8 Å². The van der Waals surface area contributed by atoms with Crippen molar-refractivity contribution in [2.24, 2.45) is 0 Å². The molecule has 2 heterocycles. The van der Waals surface area contributed by atoms with E-state index in [1.807, 2.05) is 44.0 Å². The van der Waals surface area contributed by atoms with Gasteiger partial charge in [0, 0.05) is 29.0 Å².